The Bertz CT molecular complexity index is 677. The number of amides is 1. The fourth-order valence-electron chi connectivity index (χ4n) is 2.65. The summed E-state index contributed by atoms with van der Waals surface area (Å²) in [4.78, 5) is 18.5. The number of aromatic nitrogens is 1. The van der Waals surface area contributed by atoms with Gasteiger partial charge in [-0.1, -0.05) is 23.2 Å². The van der Waals surface area contributed by atoms with Gasteiger partial charge in [0.05, 0.1) is 11.9 Å². The van der Waals surface area contributed by atoms with Gasteiger partial charge < -0.3 is 10.2 Å². The van der Waals surface area contributed by atoms with Crippen LogP contribution in [0.4, 0.5) is 11.4 Å². The summed E-state index contributed by atoms with van der Waals surface area (Å²) in [6.45, 7) is 1.64. The number of rotatable bonds is 3. The van der Waals surface area contributed by atoms with Gasteiger partial charge in [-0.25, -0.2) is 4.98 Å². The quantitative estimate of drug-likeness (QED) is 0.868. The number of hydrogen-bond acceptors (Lipinski definition) is 3. The number of nitrogens with zero attached hydrogens (tertiary/aromatic N) is 2. The zero-order valence-electron chi connectivity index (χ0n) is 12.6. The van der Waals surface area contributed by atoms with Crippen molar-refractivity contribution in [1.82, 2.24) is 9.88 Å². The first-order chi connectivity index (χ1) is 11.1. The largest absolute Gasteiger partial charge is 0.354 e. The molecule has 1 N–H and O–H groups in total. The molecule has 0 spiro atoms. The lowest BCUT2D eigenvalue weighted by atomic mass is 10.1. The van der Waals surface area contributed by atoms with Crippen molar-refractivity contribution in [2.24, 2.45) is 0 Å². The first kappa shape index (κ1) is 16.1. The van der Waals surface area contributed by atoms with Gasteiger partial charge >= 0.3 is 0 Å². The molecule has 2 aromatic rings. The van der Waals surface area contributed by atoms with Crippen LogP contribution in [0.3, 0.4) is 0 Å². The number of likely N-dealkylation sites (tertiary alicyclic amines) is 1. The van der Waals surface area contributed by atoms with Gasteiger partial charge in [-0.2, -0.15) is 0 Å². The molecule has 0 bridgehead atoms. The van der Waals surface area contributed by atoms with Crippen LogP contribution in [0.1, 0.15) is 29.8 Å². The number of pyridine rings is 1. The van der Waals surface area contributed by atoms with Crippen LogP contribution in [0.15, 0.2) is 36.5 Å². The average Bonchev–Trinajstić information content (AvgIpc) is 2.55. The average molecular weight is 350 g/mol. The van der Waals surface area contributed by atoms with E-state index in [9.17, 15) is 4.79 Å². The molecule has 4 nitrogen and oxygen atoms in total. The molecule has 3 rings (SSSR count). The van der Waals surface area contributed by atoms with E-state index in [0.717, 1.165) is 37.3 Å². The molecule has 1 fully saturated rings. The lowest BCUT2D eigenvalue weighted by Gasteiger charge is -2.26. The fourth-order valence-corrected chi connectivity index (χ4v) is 3.17. The first-order valence-electron chi connectivity index (χ1n) is 7.60. The second kappa shape index (κ2) is 7.20. The number of benzene rings is 1. The molecule has 1 aliphatic rings. The highest BCUT2D eigenvalue weighted by Crippen LogP contribution is 2.25. The Morgan fingerprint density at radius 3 is 2.30 bits per heavy atom. The van der Waals surface area contributed by atoms with Gasteiger partial charge in [-0.05, 0) is 49.6 Å². The summed E-state index contributed by atoms with van der Waals surface area (Å²) in [6, 6.07) is 8.80. The highest BCUT2D eigenvalue weighted by molar-refractivity contribution is 6.35. The summed E-state index contributed by atoms with van der Waals surface area (Å²) >= 11 is 12.0. The van der Waals surface area contributed by atoms with E-state index >= 15 is 0 Å². The standard InChI is InChI=1S/C17H17Cl2N3O/c18-12-8-13(19)10-15(9-12)21-14-4-5-16(20-11-14)17(23)22-6-2-1-3-7-22/h4-5,8-11,21H,1-3,6-7H2. The second-order valence-corrected chi connectivity index (χ2v) is 6.44. The number of carbonyl (C=O) groups excluding carboxylic acids is 1. The number of halogens is 2. The van der Waals surface area contributed by atoms with E-state index in [1.807, 2.05) is 11.0 Å². The Balaban J connectivity index is 1.70. The van der Waals surface area contributed by atoms with Crippen molar-refractivity contribution < 1.29 is 4.79 Å². The van der Waals surface area contributed by atoms with Crippen LogP contribution in [-0.2, 0) is 0 Å². The molecule has 1 aliphatic heterocycles. The third kappa shape index (κ3) is 4.15. The van der Waals surface area contributed by atoms with Crippen LogP contribution in [0.25, 0.3) is 0 Å². The van der Waals surface area contributed by atoms with E-state index in [1.165, 1.54) is 6.42 Å². The van der Waals surface area contributed by atoms with Gasteiger partial charge in [0.2, 0.25) is 0 Å². The van der Waals surface area contributed by atoms with Crippen LogP contribution in [0.5, 0.6) is 0 Å². The highest BCUT2D eigenvalue weighted by Gasteiger charge is 2.18. The molecule has 23 heavy (non-hydrogen) atoms. The zero-order valence-corrected chi connectivity index (χ0v) is 14.1. The van der Waals surface area contributed by atoms with E-state index in [1.54, 1.807) is 30.5 Å². The lowest BCUT2D eigenvalue weighted by Crippen LogP contribution is -2.36. The molecule has 6 heteroatoms. The topological polar surface area (TPSA) is 45.2 Å². The van der Waals surface area contributed by atoms with Crippen LogP contribution in [0.2, 0.25) is 10.0 Å². The normalized spacial score (nSPS) is 14.6. The predicted octanol–water partition coefficient (Wildman–Crippen LogP) is 4.76. The van der Waals surface area contributed by atoms with E-state index in [2.05, 4.69) is 10.3 Å². The molecule has 0 aliphatic carbocycles. The summed E-state index contributed by atoms with van der Waals surface area (Å²) < 4.78 is 0. The van der Waals surface area contributed by atoms with Crippen LogP contribution in [0, 0.1) is 0 Å². The van der Waals surface area contributed by atoms with E-state index < -0.39 is 0 Å². The molecule has 1 aromatic carbocycles. The van der Waals surface area contributed by atoms with Crippen LogP contribution < -0.4 is 5.32 Å². The van der Waals surface area contributed by atoms with Crippen LogP contribution >= 0.6 is 23.2 Å². The maximum Gasteiger partial charge on any atom is 0.272 e. The fraction of sp³-hybridized carbons (Fsp3) is 0.294. The van der Waals surface area contributed by atoms with Gasteiger partial charge in [0.1, 0.15) is 5.69 Å². The van der Waals surface area contributed by atoms with Crippen molar-refractivity contribution in [3.05, 3.63) is 52.3 Å². The molecule has 120 valence electrons. The molecule has 1 amide bonds. The summed E-state index contributed by atoms with van der Waals surface area (Å²) in [5.74, 6) is 0.00190. The van der Waals surface area contributed by atoms with E-state index in [-0.39, 0.29) is 5.91 Å². The van der Waals surface area contributed by atoms with Gasteiger partial charge in [0, 0.05) is 28.8 Å². The smallest absolute Gasteiger partial charge is 0.272 e. The minimum atomic E-state index is 0.00190. The predicted molar refractivity (Wildman–Crippen MR) is 93.7 cm³/mol. The molecule has 2 heterocycles. The molecule has 0 unspecified atom stereocenters. The Hall–Kier alpha value is -1.78. The molecule has 0 atom stereocenters. The van der Waals surface area contributed by atoms with Gasteiger partial charge in [0.25, 0.3) is 5.91 Å². The molecular weight excluding hydrogens is 333 g/mol. The molecule has 1 saturated heterocycles. The number of anilines is 2. The number of hydrogen-bond donors (Lipinski definition) is 1. The molecule has 0 radical (unpaired) electrons. The van der Waals surface area contributed by atoms with E-state index in [0.29, 0.717) is 15.7 Å². The Kier molecular flexibility index (Phi) is 5.03. The maximum atomic E-state index is 12.4. The summed E-state index contributed by atoms with van der Waals surface area (Å²) in [6.07, 6.45) is 4.98. The van der Waals surface area contributed by atoms with E-state index in [4.69, 9.17) is 23.2 Å². The Labute approximate surface area is 145 Å². The molecule has 1 aromatic heterocycles. The maximum absolute atomic E-state index is 12.4. The number of carbonyl (C=O) groups is 1. The number of nitrogens with one attached hydrogen (secondary N) is 1. The molecular formula is C17H17Cl2N3O. The third-order valence-corrected chi connectivity index (χ3v) is 4.21. The first-order valence-corrected chi connectivity index (χ1v) is 8.36. The third-order valence-electron chi connectivity index (χ3n) is 3.78. The van der Waals surface area contributed by atoms with Crippen molar-refractivity contribution >= 4 is 40.5 Å². The van der Waals surface area contributed by atoms with Crippen molar-refractivity contribution in [2.75, 3.05) is 18.4 Å². The minimum Gasteiger partial charge on any atom is -0.354 e. The Morgan fingerprint density at radius 2 is 1.70 bits per heavy atom. The van der Waals surface area contributed by atoms with Crippen molar-refractivity contribution in [1.29, 1.82) is 0 Å². The second-order valence-electron chi connectivity index (χ2n) is 5.57. The van der Waals surface area contributed by atoms with Gasteiger partial charge in [0.15, 0.2) is 0 Å². The Morgan fingerprint density at radius 1 is 1.00 bits per heavy atom. The monoisotopic (exact) mass is 349 g/mol. The van der Waals surface area contributed by atoms with Gasteiger partial charge in [-0.3, -0.25) is 4.79 Å². The van der Waals surface area contributed by atoms with Crippen molar-refractivity contribution in [2.45, 2.75) is 19.3 Å². The summed E-state index contributed by atoms with van der Waals surface area (Å²) in [5.41, 5.74) is 2.03. The highest BCUT2D eigenvalue weighted by atomic mass is 35.5. The summed E-state index contributed by atoms with van der Waals surface area (Å²) in [7, 11) is 0. The summed E-state index contributed by atoms with van der Waals surface area (Å²) in [5, 5.41) is 4.30. The minimum absolute atomic E-state index is 0.00190. The SMILES string of the molecule is O=C(c1ccc(Nc2cc(Cl)cc(Cl)c2)cn1)N1CCCCC1. The zero-order chi connectivity index (χ0) is 16.2. The number of piperidine rings is 1. The lowest BCUT2D eigenvalue weighted by molar-refractivity contribution is 0.0718. The van der Waals surface area contributed by atoms with Crippen molar-refractivity contribution in [3.63, 3.8) is 0 Å². The molecule has 0 saturated carbocycles. The van der Waals surface area contributed by atoms with Crippen molar-refractivity contribution in [3.8, 4) is 0 Å². The van der Waals surface area contributed by atoms with Crippen LogP contribution in [-0.4, -0.2) is 28.9 Å². The van der Waals surface area contributed by atoms with Gasteiger partial charge in [-0.15, -0.1) is 0 Å².